The van der Waals surface area contributed by atoms with Crippen molar-refractivity contribution in [3.63, 3.8) is 0 Å². The van der Waals surface area contributed by atoms with Crippen LogP contribution in [0.1, 0.15) is 13.8 Å². The summed E-state index contributed by atoms with van der Waals surface area (Å²) in [6, 6.07) is 10.5. The molecule has 1 saturated heterocycles. The van der Waals surface area contributed by atoms with Crippen molar-refractivity contribution in [3.05, 3.63) is 42.6 Å². The molecule has 0 N–H and O–H groups in total. The van der Waals surface area contributed by atoms with Crippen LogP contribution in [0.25, 0.3) is 11.3 Å². The molecule has 2 aromatic rings. The first kappa shape index (κ1) is 20.3. The number of sulfone groups is 1. The summed E-state index contributed by atoms with van der Waals surface area (Å²) in [6.45, 7) is 6.37. The van der Waals surface area contributed by atoms with Crippen molar-refractivity contribution in [1.29, 1.82) is 0 Å². The van der Waals surface area contributed by atoms with Gasteiger partial charge in [-0.3, -0.25) is 9.88 Å². The Morgan fingerprint density at radius 3 is 2.31 bits per heavy atom. The molecule has 0 spiro atoms. The molecule has 2 aliphatic rings. The molecule has 4 rings (SSSR count). The summed E-state index contributed by atoms with van der Waals surface area (Å²) >= 11 is 0. The number of fused-ring (bicyclic) bond motifs is 1. The molecule has 29 heavy (non-hydrogen) atoms. The van der Waals surface area contributed by atoms with Crippen LogP contribution in [-0.2, 0) is 9.84 Å². The van der Waals surface area contributed by atoms with Crippen LogP contribution in [0.15, 0.2) is 47.5 Å². The van der Waals surface area contributed by atoms with Gasteiger partial charge in [0.25, 0.3) is 0 Å². The van der Waals surface area contributed by atoms with Gasteiger partial charge >= 0.3 is 0 Å². The molecule has 2 unspecified atom stereocenters. The number of likely N-dealkylation sites (tertiary alicyclic amines) is 1. The van der Waals surface area contributed by atoms with Gasteiger partial charge in [0.05, 0.1) is 23.4 Å². The lowest BCUT2D eigenvalue weighted by Gasteiger charge is -2.25. The van der Waals surface area contributed by atoms with E-state index >= 15 is 0 Å². The highest BCUT2D eigenvalue weighted by Gasteiger charge is 2.56. The van der Waals surface area contributed by atoms with Crippen LogP contribution in [0.3, 0.4) is 0 Å². The zero-order chi connectivity index (χ0) is 20.8. The van der Waals surface area contributed by atoms with Crippen molar-refractivity contribution in [1.82, 2.24) is 9.88 Å². The molecule has 5 nitrogen and oxygen atoms in total. The number of rotatable bonds is 7. The van der Waals surface area contributed by atoms with Gasteiger partial charge in [0.1, 0.15) is 11.4 Å². The Hall–Kier alpha value is -1.99. The number of alkyl halides is 1. The summed E-state index contributed by atoms with van der Waals surface area (Å²) in [4.78, 5) is 6.95. The van der Waals surface area contributed by atoms with Crippen LogP contribution in [0.4, 0.5) is 4.39 Å². The monoisotopic (exact) mass is 418 g/mol. The Labute approximate surface area is 171 Å². The van der Waals surface area contributed by atoms with Crippen molar-refractivity contribution in [2.45, 2.75) is 24.4 Å². The van der Waals surface area contributed by atoms with Crippen LogP contribution in [-0.4, -0.2) is 56.5 Å². The molecule has 2 heterocycles. The number of aromatic nitrogens is 1. The van der Waals surface area contributed by atoms with Crippen molar-refractivity contribution in [3.8, 4) is 17.0 Å². The van der Waals surface area contributed by atoms with E-state index in [0.29, 0.717) is 35.8 Å². The molecule has 1 aliphatic carbocycles. The summed E-state index contributed by atoms with van der Waals surface area (Å²) in [5, 5.41) is 0. The van der Waals surface area contributed by atoms with Crippen molar-refractivity contribution >= 4 is 9.84 Å². The first-order chi connectivity index (χ1) is 13.6. The second-order valence-electron chi connectivity index (χ2n) is 8.89. The van der Waals surface area contributed by atoms with Crippen molar-refractivity contribution in [2.24, 2.45) is 17.8 Å². The highest BCUT2D eigenvalue weighted by Crippen LogP contribution is 2.52. The molecule has 156 valence electrons. The molecule has 0 bridgehead atoms. The minimum atomic E-state index is -3.20. The Kier molecular flexibility index (Phi) is 5.15. The fourth-order valence-electron chi connectivity index (χ4n) is 4.35. The molecule has 1 aromatic carbocycles. The van der Waals surface area contributed by atoms with Gasteiger partial charge < -0.3 is 4.74 Å². The van der Waals surface area contributed by atoms with E-state index in [2.05, 4.69) is 9.88 Å². The molecule has 1 aliphatic heterocycles. The minimum Gasteiger partial charge on any atom is -0.492 e. The maximum Gasteiger partial charge on any atom is 0.175 e. The van der Waals surface area contributed by atoms with E-state index < -0.39 is 15.5 Å². The molecule has 1 aromatic heterocycles. The van der Waals surface area contributed by atoms with Gasteiger partial charge in [-0.25, -0.2) is 12.8 Å². The Morgan fingerprint density at radius 1 is 1.14 bits per heavy atom. The summed E-state index contributed by atoms with van der Waals surface area (Å²) in [6.07, 6.45) is 2.90. The maximum atomic E-state index is 13.8. The van der Waals surface area contributed by atoms with E-state index in [1.807, 2.05) is 12.1 Å². The quantitative estimate of drug-likeness (QED) is 0.689. The SMILES string of the molecule is CC(C)(F)CN1CC2C(COc3ccc(-c4ccc(S(C)(=O)=O)cc4)nc3)[C@@H]2C1. The third-order valence-corrected chi connectivity index (χ3v) is 6.93. The number of nitrogens with zero attached hydrogens (tertiary/aromatic N) is 2. The largest absolute Gasteiger partial charge is 0.492 e. The highest BCUT2D eigenvalue weighted by atomic mass is 32.2. The Morgan fingerprint density at radius 2 is 1.79 bits per heavy atom. The smallest absolute Gasteiger partial charge is 0.175 e. The first-order valence-corrected chi connectivity index (χ1v) is 11.8. The zero-order valence-corrected chi connectivity index (χ0v) is 17.8. The zero-order valence-electron chi connectivity index (χ0n) is 17.0. The summed E-state index contributed by atoms with van der Waals surface area (Å²) in [5.41, 5.74) is 0.489. The van der Waals surface area contributed by atoms with Crippen LogP contribution < -0.4 is 4.74 Å². The van der Waals surface area contributed by atoms with Gasteiger partial charge in [-0.05, 0) is 49.9 Å². The Bertz CT molecular complexity index is 957. The van der Waals surface area contributed by atoms with Crippen LogP contribution in [0.5, 0.6) is 5.75 Å². The van der Waals surface area contributed by atoms with E-state index in [0.717, 1.165) is 30.1 Å². The number of ether oxygens (including phenoxy) is 1. The topological polar surface area (TPSA) is 59.5 Å². The van der Waals surface area contributed by atoms with Gasteiger partial charge in [-0.15, -0.1) is 0 Å². The number of pyridine rings is 1. The number of hydrogen-bond acceptors (Lipinski definition) is 5. The molecule has 1 saturated carbocycles. The first-order valence-electron chi connectivity index (χ1n) is 9.91. The molecule has 3 atom stereocenters. The lowest BCUT2D eigenvalue weighted by molar-refractivity contribution is 0.126. The van der Waals surface area contributed by atoms with Crippen LogP contribution in [0, 0.1) is 17.8 Å². The van der Waals surface area contributed by atoms with Crippen LogP contribution >= 0.6 is 0 Å². The van der Waals surface area contributed by atoms with Crippen LogP contribution in [0.2, 0.25) is 0 Å². The van der Waals surface area contributed by atoms with Crippen molar-refractivity contribution < 1.29 is 17.5 Å². The maximum absolute atomic E-state index is 13.8. The van der Waals surface area contributed by atoms with E-state index in [9.17, 15) is 12.8 Å². The molecule has 0 amide bonds. The standard InChI is InChI=1S/C22H27FN2O3S/c1-22(2,23)14-25-11-18-19(12-25)20(18)13-28-16-6-9-21(24-10-16)15-4-7-17(8-5-15)29(3,26)27/h4-10,18-20H,11-14H2,1-3H3/t18-,19?,20?/m1/s1. The predicted octanol–water partition coefficient (Wildman–Crippen LogP) is 3.46. The lowest BCUT2D eigenvalue weighted by Crippen LogP contribution is -2.36. The van der Waals surface area contributed by atoms with E-state index in [4.69, 9.17) is 4.74 Å². The molecular weight excluding hydrogens is 391 g/mol. The summed E-state index contributed by atoms with van der Waals surface area (Å²) in [5.74, 6) is 2.53. The van der Waals surface area contributed by atoms with E-state index in [1.165, 1.54) is 6.26 Å². The average Bonchev–Trinajstić information content (AvgIpc) is 3.10. The minimum absolute atomic E-state index is 0.296. The van der Waals surface area contributed by atoms with Crippen molar-refractivity contribution in [2.75, 3.05) is 32.5 Å². The van der Waals surface area contributed by atoms with E-state index in [1.54, 1.807) is 44.3 Å². The lowest BCUT2D eigenvalue weighted by atomic mass is 10.1. The van der Waals surface area contributed by atoms with Gasteiger partial charge in [0.2, 0.25) is 0 Å². The van der Waals surface area contributed by atoms with Gasteiger partial charge in [-0.1, -0.05) is 12.1 Å². The molecule has 0 radical (unpaired) electrons. The third kappa shape index (κ3) is 4.78. The van der Waals surface area contributed by atoms with Gasteiger partial charge in [0, 0.05) is 37.4 Å². The third-order valence-electron chi connectivity index (χ3n) is 5.80. The van der Waals surface area contributed by atoms with E-state index in [-0.39, 0.29) is 0 Å². The molecule has 2 fully saturated rings. The molecule has 7 heteroatoms. The second kappa shape index (κ2) is 7.36. The van der Waals surface area contributed by atoms with Gasteiger partial charge in [-0.2, -0.15) is 0 Å². The highest BCUT2D eigenvalue weighted by molar-refractivity contribution is 7.90. The molecular formula is C22H27FN2O3S. The normalized spacial score (nSPS) is 24.3. The number of piperidine rings is 1. The summed E-state index contributed by atoms with van der Waals surface area (Å²) < 4.78 is 42.8. The predicted molar refractivity (Wildman–Crippen MR) is 110 cm³/mol. The fraction of sp³-hybridized carbons (Fsp3) is 0.500. The second-order valence-corrected chi connectivity index (χ2v) is 10.9. The number of hydrogen-bond donors (Lipinski definition) is 0. The Balaban J connectivity index is 1.28. The fourth-order valence-corrected chi connectivity index (χ4v) is 4.98. The average molecular weight is 419 g/mol. The summed E-state index contributed by atoms with van der Waals surface area (Å²) in [7, 11) is -3.20. The number of benzene rings is 1. The van der Waals surface area contributed by atoms with Gasteiger partial charge in [0.15, 0.2) is 9.84 Å². The number of halogens is 1.